The molecule has 16 heavy (non-hydrogen) atoms. The molecular formula is C11H11F3O2. The number of carbonyl (C=O) groups excluding carboxylic acids is 1. The Labute approximate surface area is 91.0 Å². The molecule has 0 aromatic heterocycles. The summed E-state index contributed by atoms with van der Waals surface area (Å²) >= 11 is 0. The van der Waals surface area contributed by atoms with Gasteiger partial charge in [-0.15, -0.1) is 0 Å². The fourth-order valence-corrected chi connectivity index (χ4v) is 1.25. The topological polar surface area (TPSA) is 26.3 Å². The van der Waals surface area contributed by atoms with Crippen LogP contribution in [-0.4, -0.2) is 19.0 Å². The summed E-state index contributed by atoms with van der Waals surface area (Å²) in [7, 11) is 0. The average Bonchev–Trinajstić information content (AvgIpc) is 2.24. The second-order valence-electron chi connectivity index (χ2n) is 3.10. The van der Waals surface area contributed by atoms with E-state index in [1.807, 2.05) is 0 Å². The monoisotopic (exact) mass is 232 g/mol. The number of alkyl halides is 3. The van der Waals surface area contributed by atoms with Crippen LogP contribution < -0.4 is 0 Å². The van der Waals surface area contributed by atoms with Crippen LogP contribution in [0.3, 0.4) is 0 Å². The SMILES string of the molecule is CCOCC(=O)c1ccccc1C(F)(F)F. The van der Waals surface area contributed by atoms with Crippen LogP contribution in [0.25, 0.3) is 0 Å². The molecule has 0 fully saturated rings. The molecule has 0 atom stereocenters. The third-order valence-electron chi connectivity index (χ3n) is 1.97. The quantitative estimate of drug-likeness (QED) is 0.746. The molecule has 1 rings (SSSR count). The Morgan fingerprint density at radius 2 is 1.94 bits per heavy atom. The van der Waals surface area contributed by atoms with Crippen molar-refractivity contribution in [3.05, 3.63) is 35.4 Å². The lowest BCUT2D eigenvalue weighted by Crippen LogP contribution is -2.16. The van der Waals surface area contributed by atoms with Crippen LogP contribution in [0.1, 0.15) is 22.8 Å². The third-order valence-corrected chi connectivity index (χ3v) is 1.97. The first-order valence-electron chi connectivity index (χ1n) is 4.74. The number of hydrogen-bond acceptors (Lipinski definition) is 2. The fraction of sp³-hybridized carbons (Fsp3) is 0.364. The molecule has 0 N–H and O–H groups in total. The first kappa shape index (κ1) is 12.7. The largest absolute Gasteiger partial charge is 0.417 e. The van der Waals surface area contributed by atoms with E-state index in [1.165, 1.54) is 12.1 Å². The maximum absolute atomic E-state index is 12.5. The maximum Gasteiger partial charge on any atom is 0.417 e. The molecule has 1 aromatic carbocycles. The molecule has 2 nitrogen and oxygen atoms in total. The highest BCUT2D eigenvalue weighted by molar-refractivity contribution is 5.98. The van der Waals surface area contributed by atoms with E-state index in [4.69, 9.17) is 4.74 Å². The van der Waals surface area contributed by atoms with Crippen molar-refractivity contribution in [1.82, 2.24) is 0 Å². The van der Waals surface area contributed by atoms with Crippen LogP contribution in [-0.2, 0) is 10.9 Å². The molecule has 5 heteroatoms. The molecule has 0 radical (unpaired) electrons. The number of benzene rings is 1. The normalized spacial score (nSPS) is 11.5. The van der Waals surface area contributed by atoms with Gasteiger partial charge in [-0.1, -0.05) is 18.2 Å². The summed E-state index contributed by atoms with van der Waals surface area (Å²) in [4.78, 5) is 11.4. The smallest absolute Gasteiger partial charge is 0.374 e. The van der Waals surface area contributed by atoms with E-state index in [9.17, 15) is 18.0 Å². The van der Waals surface area contributed by atoms with E-state index in [0.717, 1.165) is 12.1 Å². The van der Waals surface area contributed by atoms with Gasteiger partial charge in [0.1, 0.15) is 6.61 Å². The molecule has 0 aliphatic heterocycles. The summed E-state index contributed by atoms with van der Waals surface area (Å²) in [6.07, 6.45) is -4.52. The molecule has 0 saturated carbocycles. The number of Topliss-reactive ketones (excluding diaryl/α,β-unsaturated/α-hetero) is 1. The first-order valence-corrected chi connectivity index (χ1v) is 4.74. The summed E-state index contributed by atoms with van der Waals surface area (Å²) in [5.74, 6) is -0.658. The Balaban J connectivity index is 3.00. The lowest BCUT2D eigenvalue weighted by atomic mass is 10.0. The molecule has 0 spiro atoms. The van der Waals surface area contributed by atoms with Crippen LogP contribution >= 0.6 is 0 Å². The Morgan fingerprint density at radius 1 is 1.31 bits per heavy atom. The molecule has 88 valence electrons. The van der Waals surface area contributed by atoms with Gasteiger partial charge in [0, 0.05) is 12.2 Å². The van der Waals surface area contributed by atoms with Crippen LogP contribution in [0, 0.1) is 0 Å². The van der Waals surface area contributed by atoms with Gasteiger partial charge in [-0.25, -0.2) is 0 Å². The maximum atomic E-state index is 12.5. The lowest BCUT2D eigenvalue weighted by molar-refractivity contribution is -0.137. The van der Waals surface area contributed by atoms with E-state index in [2.05, 4.69) is 0 Å². The lowest BCUT2D eigenvalue weighted by Gasteiger charge is -2.11. The Hall–Kier alpha value is -1.36. The molecular weight excluding hydrogens is 221 g/mol. The molecule has 0 unspecified atom stereocenters. The molecule has 0 aliphatic carbocycles. The van der Waals surface area contributed by atoms with Crippen LogP contribution in [0.2, 0.25) is 0 Å². The zero-order chi connectivity index (χ0) is 12.2. The van der Waals surface area contributed by atoms with Crippen LogP contribution in [0.4, 0.5) is 13.2 Å². The van der Waals surface area contributed by atoms with Crippen molar-refractivity contribution >= 4 is 5.78 Å². The number of ketones is 1. The third kappa shape index (κ3) is 3.06. The zero-order valence-electron chi connectivity index (χ0n) is 8.67. The van der Waals surface area contributed by atoms with Crippen molar-refractivity contribution in [3.63, 3.8) is 0 Å². The summed E-state index contributed by atoms with van der Waals surface area (Å²) < 4.78 is 42.4. The number of hydrogen-bond donors (Lipinski definition) is 0. The highest BCUT2D eigenvalue weighted by Crippen LogP contribution is 2.31. The molecule has 0 bridgehead atoms. The van der Waals surface area contributed by atoms with Gasteiger partial charge >= 0.3 is 6.18 Å². The van der Waals surface area contributed by atoms with Crippen molar-refractivity contribution in [2.45, 2.75) is 13.1 Å². The minimum atomic E-state index is -4.52. The predicted octanol–water partition coefficient (Wildman–Crippen LogP) is 2.92. The first-order chi connectivity index (χ1) is 7.46. The van der Waals surface area contributed by atoms with Gasteiger partial charge < -0.3 is 4.74 Å². The Bertz CT molecular complexity index is 372. The number of rotatable bonds is 4. The summed E-state index contributed by atoms with van der Waals surface area (Å²) in [6.45, 7) is 1.63. The van der Waals surface area contributed by atoms with Crippen LogP contribution in [0.15, 0.2) is 24.3 Å². The Kier molecular flexibility index (Phi) is 4.06. The number of halogens is 3. The highest BCUT2D eigenvalue weighted by Gasteiger charge is 2.34. The minimum Gasteiger partial charge on any atom is -0.374 e. The second-order valence-corrected chi connectivity index (χ2v) is 3.10. The Morgan fingerprint density at radius 3 is 2.50 bits per heavy atom. The fourth-order valence-electron chi connectivity index (χ4n) is 1.25. The van der Waals surface area contributed by atoms with E-state index in [0.29, 0.717) is 6.61 Å². The van der Waals surface area contributed by atoms with Gasteiger partial charge in [-0.05, 0) is 13.0 Å². The number of ether oxygens (including phenoxy) is 1. The van der Waals surface area contributed by atoms with Gasteiger partial charge in [-0.2, -0.15) is 13.2 Å². The second kappa shape index (κ2) is 5.12. The zero-order valence-corrected chi connectivity index (χ0v) is 8.67. The predicted molar refractivity (Wildman–Crippen MR) is 52.3 cm³/mol. The molecule has 0 amide bonds. The van der Waals surface area contributed by atoms with E-state index in [-0.39, 0.29) is 12.2 Å². The molecule has 1 aromatic rings. The standard InChI is InChI=1S/C11H11F3O2/c1-2-16-7-10(15)8-5-3-4-6-9(8)11(12,13)14/h3-6H,2,7H2,1H3. The number of carbonyl (C=O) groups is 1. The van der Waals surface area contributed by atoms with Gasteiger partial charge in [0.05, 0.1) is 5.56 Å². The summed E-state index contributed by atoms with van der Waals surface area (Å²) in [5, 5.41) is 0. The van der Waals surface area contributed by atoms with E-state index < -0.39 is 17.5 Å². The van der Waals surface area contributed by atoms with Crippen molar-refractivity contribution < 1.29 is 22.7 Å². The van der Waals surface area contributed by atoms with Gasteiger partial charge in [0.25, 0.3) is 0 Å². The van der Waals surface area contributed by atoms with Gasteiger partial charge in [0.15, 0.2) is 5.78 Å². The van der Waals surface area contributed by atoms with Crippen molar-refractivity contribution in [2.75, 3.05) is 13.2 Å². The minimum absolute atomic E-state index is 0.292. The van der Waals surface area contributed by atoms with Gasteiger partial charge in [0.2, 0.25) is 0 Å². The van der Waals surface area contributed by atoms with Crippen molar-refractivity contribution in [3.8, 4) is 0 Å². The van der Waals surface area contributed by atoms with E-state index in [1.54, 1.807) is 6.92 Å². The molecule has 0 aliphatic rings. The van der Waals surface area contributed by atoms with Gasteiger partial charge in [-0.3, -0.25) is 4.79 Å². The summed E-state index contributed by atoms with van der Waals surface area (Å²) in [6, 6.07) is 4.69. The molecule has 0 saturated heterocycles. The van der Waals surface area contributed by atoms with Crippen molar-refractivity contribution in [2.24, 2.45) is 0 Å². The average molecular weight is 232 g/mol. The summed E-state index contributed by atoms with van der Waals surface area (Å²) in [5.41, 5.74) is -1.26. The van der Waals surface area contributed by atoms with Crippen LogP contribution in [0.5, 0.6) is 0 Å². The highest BCUT2D eigenvalue weighted by atomic mass is 19.4. The van der Waals surface area contributed by atoms with E-state index >= 15 is 0 Å². The van der Waals surface area contributed by atoms with Crippen molar-refractivity contribution in [1.29, 1.82) is 0 Å². The molecule has 0 heterocycles.